The van der Waals surface area contributed by atoms with Gasteiger partial charge in [0.25, 0.3) is 0 Å². The molecule has 4 heteroatoms. The van der Waals surface area contributed by atoms with Crippen molar-refractivity contribution < 1.29 is 8.78 Å². The van der Waals surface area contributed by atoms with Gasteiger partial charge in [0, 0.05) is 10.5 Å². The van der Waals surface area contributed by atoms with Gasteiger partial charge in [-0.15, -0.1) is 0 Å². The molecule has 0 heterocycles. The average molecular weight is 354 g/mol. The van der Waals surface area contributed by atoms with E-state index in [1.807, 2.05) is 6.07 Å². The Morgan fingerprint density at radius 1 is 1.05 bits per heavy atom. The highest BCUT2D eigenvalue weighted by molar-refractivity contribution is 9.10. The first-order valence-corrected chi connectivity index (χ1v) is 7.81. The van der Waals surface area contributed by atoms with E-state index >= 15 is 0 Å². The van der Waals surface area contributed by atoms with Crippen molar-refractivity contribution in [2.75, 3.05) is 6.54 Å². The highest BCUT2D eigenvalue weighted by Crippen LogP contribution is 2.23. The molecule has 0 spiro atoms. The van der Waals surface area contributed by atoms with Crippen molar-refractivity contribution in [2.24, 2.45) is 0 Å². The van der Waals surface area contributed by atoms with Gasteiger partial charge in [-0.05, 0) is 60.8 Å². The third kappa shape index (κ3) is 4.90. The van der Waals surface area contributed by atoms with E-state index in [4.69, 9.17) is 0 Å². The van der Waals surface area contributed by atoms with Crippen LogP contribution in [0, 0.1) is 11.6 Å². The summed E-state index contributed by atoms with van der Waals surface area (Å²) in [6, 6.07) is 11.3. The Morgan fingerprint density at radius 3 is 2.38 bits per heavy atom. The van der Waals surface area contributed by atoms with E-state index in [2.05, 4.69) is 28.2 Å². The van der Waals surface area contributed by atoms with Crippen molar-refractivity contribution in [3.05, 3.63) is 69.7 Å². The molecule has 1 nitrogen and oxygen atoms in total. The summed E-state index contributed by atoms with van der Waals surface area (Å²) in [6.45, 7) is 2.93. The van der Waals surface area contributed by atoms with Crippen molar-refractivity contribution >= 4 is 15.9 Å². The molecule has 2 aromatic rings. The second-order valence-electron chi connectivity index (χ2n) is 5.04. The first-order chi connectivity index (χ1) is 10.1. The Hall–Kier alpha value is -1.26. The van der Waals surface area contributed by atoms with Crippen LogP contribution in [-0.2, 0) is 6.42 Å². The third-order valence-corrected chi connectivity index (χ3v) is 3.74. The topological polar surface area (TPSA) is 12.0 Å². The molecule has 112 valence electrons. The maximum atomic E-state index is 13.6. The fraction of sp³-hybridized carbons (Fsp3) is 0.294. The van der Waals surface area contributed by atoms with Crippen LogP contribution in [0.1, 0.15) is 30.5 Å². The van der Waals surface area contributed by atoms with Crippen molar-refractivity contribution in [2.45, 2.75) is 25.8 Å². The summed E-state index contributed by atoms with van der Waals surface area (Å²) in [6.07, 6.45) is 1.69. The van der Waals surface area contributed by atoms with Crippen molar-refractivity contribution in [1.82, 2.24) is 5.32 Å². The molecule has 0 radical (unpaired) electrons. The lowest BCUT2D eigenvalue weighted by molar-refractivity contribution is 0.523. The molecule has 0 saturated heterocycles. The Balaban J connectivity index is 2.22. The number of nitrogens with one attached hydrogen (secondary N) is 1. The summed E-state index contributed by atoms with van der Waals surface area (Å²) >= 11 is 3.33. The van der Waals surface area contributed by atoms with Crippen LogP contribution in [0.5, 0.6) is 0 Å². The molecular weight excluding hydrogens is 336 g/mol. The summed E-state index contributed by atoms with van der Waals surface area (Å²) in [7, 11) is 0. The molecule has 0 aromatic heterocycles. The largest absolute Gasteiger partial charge is 0.310 e. The van der Waals surface area contributed by atoms with Gasteiger partial charge in [0.1, 0.15) is 11.6 Å². The van der Waals surface area contributed by atoms with Crippen molar-refractivity contribution in [1.29, 1.82) is 0 Å². The van der Waals surface area contributed by atoms with E-state index in [-0.39, 0.29) is 17.7 Å². The minimum atomic E-state index is -0.262. The van der Waals surface area contributed by atoms with Crippen LogP contribution in [0.4, 0.5) is 8.78 Å². The van der Waals surface area contributed by atoms with E-state index in [9.17, 15) is 8.78 Å². The molecule has 1 atom stereocenters. The maximum Gasteiger partial charge on any atom is 0.124 e. The summed E-state index contributed by atoms with van der Waals surface area (Å²) in [4.78, 5) is 0. The Labute approximate surface area is 132 Å². The van der Waals surface area contributed by atoms with Gasteiger partial charge >= 0.3 is 0 Å². The molecule has 0 saturated carbocycles. The van der Waals surface area contributed by atoms with E-state index in [1.165, 1.54) is 18.2 Å². The summed E-state index contributed by atoms with van der Waals surface area (Å²) in [5, 5.41) is 3.42. The van der Waals surface area contributed by atoms with Gasteiger partial charge in [0.05, 0.1) is 0 Å². The SMILES string of the molecule is CCCNC(Cc1ccc(F)cc1)c1cc(F)cc(Br)c1. The van der Waals surface area contributed by atoms with Crippen LogP contribution in [0.15, 0.2) is 46.9 Å². The molecule has 0 amide bonds. The average Bonchev–Trinajstić information content (AvgIpc) is 2.44. The van der Waals surface area contributed by atoms with Crippen LogP contribution in [-0.4, -0.2) is 6.54 Å². The van der Waals surface area contributed by atoms with Gasteiger partial charge < -0.3 is 5.32 Å². The molecular formula is C17H18BrF2N. The van der Waals surface area contributed by atoms with Gasteiger partial charge in [-0.3, -0.25) is 0 Å². The molecule has 2 aromatic carbocycles. The number of hydrogen-bond acceptors (Lipinski definition) is 1. The van der Waals surface area contributed by atoms with Crippen molar-refractivity contribution in [3.8, 4) is 0 Å². The molecule has 0 aliphatic heterocycles. The minimum absolute atomic E-state index is 0.00223. The molecule has 0 aliphatic carbocycles. The zero-order valence-corrected chi connectivity index (χ0v) is 13.5. The quantitative estimate of drug-likeness (QED) is 0.769. The van der Waals surface area contributed by atoms with Gasteiger partial charge in [-0.1, -0.05) is 35.0 Å². The first-order valence-electron chi connectivity index (χ1n) is 7.02. The monoisotopic (exact) mass is 353 g/mol. The number of benzene rings is 2. The normalized spacial score (nSPS) is 12.4. The Bertz CT molecular complexity index is 564. The van der Waals surface area contributed by atoms with Crippen molar-refractivity contribution in [3.63, 3.8) is 0 Å². The molecule has 2 rings (SSSR count). The van der Waals surface area contributed by atoms with Gasteiger partial charge in [-0.2, -0.15) is 0 Å². The maximum absolute atomic E-state index is 13.6. The predicted octanol–water partition coefficient (Wildman–Crippen LogP) is 5.01. The fourth-order valence-electron chi connectivity index (χ4n) is 2.26. The zero-order chi connectivity index (χ0) is 15.2. The molecule has 21 heavy (non-hydrogen) atoms. The van der Waals surface area contributed by atoms with E-state index < -0.39 is 0 Å². The number of halogens is 3. The predicted molar refractivity (Wildman–Crippen MR) is 85.2 cm³/mol. The Morgan fingerprint density at radius 2 is 1.76 bits per heavy atom. The van der Waals surface area contributed by atoms with Crippen LogP contribution in [0.3, 0.4) is 0 Å². The summed E-state index contributed by atoms with van der Waals surface area (Å²) < 4.78 is 27.3. The van der Waals surface area contributed by atoms with E-state index in [0.29, 0.717) is 6.42 Å². The Kier molecular flexibility index (Phi) is 5.88. The lowest BCUT2D eigenvalue weighted by Gasteiger charge is -2.20. The number of hydrogen-bond donors (Lipinski definition) is 1. The highest BCUT2D eigenvalue weighted by atomic mass is 79.9. The fourth-order valence-corrected chi connectivity index (χ4v) is 2.74. The second kappa shape index (κ2) is 7.66. The number of rotatable bonds is 6. The molecule has 0 fully saturated rings. The molecule has 0 aliphatic rings. The standard InChI is InChI=1S/C17H18BrF2N/c1-2-7-21-17(8-12-3-5-15(19)6-4-12)13-9-14(18)11-16(20)10-13/h3-6,9-11,17,21H,2,7-8H2,1H3. The molecule has 0 bridgehead atoms. The lowest BCUT2D eigenvalue weighted by Crippen LogP contribution is -2.24. The van der Waals surface area contributed by atoms with E-state index in [1.54, 1.807) is 18.2 Å². The summed E-state index contributed by atoms with van der Waals surface area (Å²) in [5.74, 6) is -0.507. The third-order valence-electron chi connectivity index (χ3n) is 3.28. The van der Waals surface area contributed by atoms with Crippen LogP contribution >= 0.6 is 15.9 Å². The van der Waals surface area contributed by atoms with Crippen LogP contribution in [0.25, 0.3) is 0 Å². The lowest BCUT2D eigenvalue weighted by atomic mass is 9.98. The van der Waals surface area contributed by atoms with Crippen LogP contribution < -0.4 is 5.32 Å². The highest BCUT2D eigenvalue weighted by Gasteiger charge is 2.13. The van der Waals surface area contributed by atoms with E-state index in [0.717, 1.165) is 28.6 Å². The van der Waals surface area contributed by atoms with Gasteiger partial charge in [0.15, 0.2) is 0 Å². The first kappa shape index (κ1) is 16.1. The summed E-state index contributed by atoms with van der Waals surface area (Å²) in [5.41, 5.74) is 1.91. The van der Waals surface area contributed by atoms with Crippen LogP contribution in [0.2, 0.25) is 0 Å². The van der Waals surface area contributed by atoms with Gasteiger partial charge in [-0.25, -0.2) is 8.78 Å². The van der Waals surface area contributed by atoms with Gasteiger partial charge in [0.2, 0.25) is 0 Å². The smallest absolute Gasteiger partial charge is 0.124 e. The minimum Gasteiger partial charge on any atom is -0.310 e. The molecule has 1 unspecified atom stereocenters. The zero-order valence-electron chi connectivity index (χ0n) is 11.9. The second-order valence-corrected chi connectivity index (χ2v) is 5.96. The molecule has 1 N–H and O–H groups in total.